The average molecular weight is 300 g/mol. The quantitative estimate of drug-likeness (QED) is 0.830. The van der Waals surface area contributed by atoms with Crippen molar-refractivity contribution in [3.63, 3.8) is 0 Å². The lowest BCUT2D eigenvalue weighted by atomic mass is 9.73. The second-order valence-electron chi connectivity index (χ2n) is 7.30. The number of ether oxygens (including phenoxy) is 1. The van der Waals surface area contributed by atoms with Gasteiger partial charge in [0.25, 0.3) is 0 Å². The minimum Gasteiger partial charge on any atom is -0.375 e. The Kier molecular flexibility index (Phi) is 6.25. The SMILES string of the molecule is CC(C)NCC(C)C(C)C1CCOC2(CCSCC2)C1. The zero-order valence-corrected chi connectivity index (χ0v) is 14.6. The lowest BCUT2D eigenvalue weighted by molar-refractivity contribution is -0.112. The van der Waals surface area contributed by atoms with Crippen molar-refractivity contribution in [1.82, 2.24) is 5.32 Å². The van der Waals surface area contributed by atoms with Crippen molar-refractivity contribution in [1.29, 1.82) is 0 Å². The van der Waals surface area contributed by atoms with Crippen LogP contribution in [-0.2, 0) is 4.74 Å². The highest BCUT2D eigenvalue weighted by Gasteiger charge is 2.40. The standard InChI is InChI=1S/C17H33NOS/c1-13(2)18-12-14(3)15(4)16-5-8-19-17(11-16)6-9-20-10-7-17/h13-16,18H,5-12H2,1-4H3. The number of hydrogen-bond donors (Lipinski definition) is 1. The van der Waals surface area contributed by atoms with Gasteiger partial charge < -0.3 is 10.1 Å². The summed E-state index contributed by atoms with van der Waals surface area (Å²) in [4.78, 5) is 0. The third kappa shape index (κ3) is 4.38. The van der Waals surface area contributed by atoms with Gasteiger partial charge in [-0.1, -0.05) is 27.7 Å². The number of thioether (sulfide) groups is 1. The molecular formula is C17H33NOS. The summed E-state index contributed by atoms with van der Waals surface area (Å²) in [5, 5.41) is 3.60. The van der Waals surface area contributed by atoms with Crippen LogP contribution >= 0.6 is 11.8 Å². The van der Waals surface area contributed by atoms with Gasteiger partial charge in [0.1, 0.15) is 0 Å². The van der Waals surface area contributed by atoms with Gasteiger partial charge in [0.05, 0.1) is 5.60 Å². The highest BCUT2D eigenvalue weighted by atomic mass is 32.2. The molecule has 1 spiro atoms. The van der Waals surface area contributed by atoms with Gasteiger partial charge in [0, 0.05) is 12.6 Å². The molecule has 2 fully saturated rings. The van der Waals surface area contributed by atoms with Crippen LogP contribution in [0.3, 0.4) is 0 Å². The van der Waals surface area contributed by atoms with Crippen molar-refractivity contribution in [2.24, 2.45) is 17.8 Å². The van der Waals surface area contributed by atoms with Gasteiger partial charge in [-0.3, -0.25) is 0 Å². The first-order chi connectivity index (χ1) is 9.52. The molecule has 1 N–H and O–H groups in total. The Bertz CT molecular complexity index is 283. The summed E-state index contributed by atoms with van der Waals surface area (Å²) in [6.45, 7) is 11.5. The van der Waals surface area contributed by atoms with Crippen LogP contribution in [-0.4, -0.2) is 36.3 Å². The van der Waals surface area contributed by atoms with Crippen LogP contribution in [0.2, 0.25) is 0 Å². The Morgan fingerprint density at radius 2 is 1.90 bits per heavy atom. The molecule has 0 bridgehead atoms. The van der Waals surface area contributed by atoms with E-state index in [1.165, 1.54) is 37.2 Å². The first kappa shape index (κ1) is 16.6. The summed E-state index contributed by atoms with van der Waals surface area (Å²) in [6.07, 6.45) is 5.13. The molecule has 0 aromatic rings. The van der Waals surface area contributed by atoms with Crippen LogP contribution in [0.1, 0.15) is 53.4 Å². The van der Waals surface area contributed by atoms with Crippen LogP contribution < -0.4 is 5.32 Å². The fourth-order valence-electron chi connectivity index (χ4n) is 3.68. The molecule has 2 heterocycles. The van der Waals surface area contributed by atoms with E-state index >= 15 is 0 Å². The Labute approximate surface area is 129 Å². The Balaban J connectivity index is 1.87. The van der Waals surface area contributed by atoms with E-state index in [1.807, 2.05) is 0 Å². The molecule has 3 unspecified atom stereocenters. The molecule has 2 aliphatic heterocycles. The van der Waals surface area contributed by atoms with E-state index in [4.69, 9.17) is 4.74 Å². The van der Waals surface area contributed by atoms with E-state index in [2.05, 4.69) is 44.8 Å². The van der Waals surface area contributed by atoms with E-state index in [9.17, 15) is 0 Å². The van der Waals surface area contributed by atoms with Crippen molar-refractivity contribution in [3.05, 3.63) is 0 Å². The van der Waals surface area contributed by atoms with Crippen molar-refractivity contribution in [3.8, 4) is 0 Å². The molecule has 0 radical (unpaired) electrons. The van der Waals surface area contributed by atoms with Crippen molar-refractivity contribution >= 4 is 11.8 Å². The lowest BCUT2D eigenvalue weighted by Crippen LogP contribution is -2.45. The molecule has 3 heteroatoms. The summed E-state index contributed by atoms with van der Waals surface area (Å²) in [7, 11) is 0. The summed E-state index contributed by atoms with van der Waals surface area (Å²) >= 11 is 2.10. The largest absolute Gasteiger partial charge is 0.375 e. The zero-order valence-electron chi connectivity index (χ0n) is 13.8. The minimum absolute atomic E-state index is 0.244. The van der Waals surface area contributed by atoms with Crippen LogP contribution in [0.25, 0.3) is 0 Å². The van der Waals surface area contributed by atoms with Crippen molar-refractivity contribution < 1.29 is 4.74 Å². The lowest BCUT2D eigenvalue weighted by Gasteiger charge is -2.45. The van der Waals surface area contributed by atoms with Crippen LogP contribution in [0, 0.1) is 17.8 Å². The maximum absolute atomic E-state index is 6.24. The summed E-state index contributed by atoms with van der Waals surface area (Å²) in [5.74, 6) is 5.01. The summed E-state index contributed by atoms with van der Waals surface area (Å²) in [5.41, 5.74) is 0.244. The maximum atomic E-state index is 6.24. The zero-order chi connectivity index (χ0) is 14.6. The van der Waals surface area contributed by atoms with E-state index in [1.54, 1.807) is 0 Å². The molecule has 3 atom stereocenters. The van der Waals surface area contributed by atoms with Gasteiger partial charge in [0.2, 0.25) is 0 Å². The molecule has 0 aromatic heterocycles. The number of rotatable bonds is 5. The third-order valence-corrected chi connectivity index (χ3v) is 6.41. The molecule has 2 aliphatic rings. The Morgan fingerprint density at radius 1 is 1.20 bits per heavy atom. The fourth-order valence-corrected chi connectivity index (χ4v) is 4.92. The first-order valence-electron chi connectivity index (χ1n) is 8.47. The average Bonchev–Trinajstić information content (AvgIpc) is 2.44. The Hall–Kier alpha value is 0.270. The van der Waals surface area contributed by atoms with Gasteiger partial charge in [-0.2, -0.15) is 11.8 Å². The predicted molar refractivity (Wildman–Crippen MR) is 89.4 cm³/mol. The molecule has 2 nitrogen and oxygen atoms in total. The smallest absolute Gasteiger partial charge is 0.0701 e. The van der Waals surface area contributed by atoms with E-state index < -0.39 is 0 Å². The normalized spacial score (nSPS) is 29.6. The van der Waals surface area contributed by atoms with Crippen LogP contribution in [0.15, 0.2) is 0 Å². The molecule has 0 aliphatic carbocycles. The molecule has 118 valence electrons. The fraction of sp³-hybridized carbons (Fsp3) is 1.00. The van der Waals surface area contributed by atoms with Crippen LogP contribution in [0.4, 0.5) is 0 Å². The number of nitrogens with one attached hydrogen (secondary N) is 1. The van der Waals surface area contributed by atoms with Gasteiger partial charge in [-0.05, 0) is 61.5 Å². The molecule has 2 rings (SSSR count). The second kappa shape index (κ2) is 7.51. The molecule has 20 heavy (non-hydrogen) atoms. The topological polar surface area (TPSA) is 21.3 Å². The predicted octanol–water partition coefficient (Wildman–Crippen LogP) is 3.95. The van der Waals surface area contributed by atoms with E-state index in [-0.39, 0.29) is 5.60 Å². The second-order valence-corrected chi connectivity index (χ2v) is 8.52. The van der Waals surface area contributed by atoms with Gasteiger partial charge in [-0.15, -0.1) is 0 Å². The maximum Gasteiger partial charge on any atom is 0.0701 e. The van der Waals surface area contributed by atoms with Gasteiger partial charge in [-0.25, -0.2) is 0 Å². The first-order valence-corrected chi connectivity index (χ1v) is 9.63. The molecule has 0 amide bonds. The van der Waals surface area contributed by atoms with Crippen molar-refractivity contribution in [2.75, 3.05) is 24.7 Å². The van der Waals surface area contributed by atoms with Crippen molar-refractivity contribution in [2.45, 2.75) is 65.0 Å². The molecular weight excluding hydrogens is 266 g/mol. The highest BCUT2D eigenvalue weighted by Crippen LogP contribution is 2.43. The third-order valence-electron chi connectivity index (χ3n) is 5.42. The summed E-state index contributed by atoms with van der Waals surface area (Å²) < 4.78 is 6.24. The van der Waals surface area contributed by atoms with Gasteiger partial charge in [0.15, 0.2) is 0 Å². The van der Waals surface area contributed by atoms with E-state index in [0.29, 0.717) is 6.04 Å². The molecule has 0 aromatic carbocycles. The monoisotopic (exact) mass is 299 g/mol. The highest BCUT2D eigenvalue weighted by molar-refractivity contribution is 7.99. The van der Waals surface area contributed by atoms with E-state index in [0.717, 1.165) is 30.9 Å². The summed E-state index contributed by atoms with van der Waals surface area (Å²) in [6, 6.07) is 0.598. The molecule has 0 saturated carbocycles. The number of hydrogen-bond acceptors (Lipinski definition) is 3. The van der Waals surface area contributed by atoms with Gasteiger partial charge >= 0.3 is 0 Å². The van der Waals surface area contributed by atoms with Crippen LogP contribution in [0.5, 0.6) is 0 Å². The Morgan fingerprint density at radius 3 is 2.55 bits per heavy atom. The minimum atomic E-state index is 0.244. The molecule has 2 saturated heterocycles.